The minimum absolute atomic E-state index is 0.167. The second kappa shape index (κ2) is 10.2. The van der Waals surface area contributed by atoms with Gasteiger partial charge in [-0.05, 0) is 54.2 Å². The molecule has 1 aliphatic heterocycles. The van der Waals surface area contributed by atoms with Gasteiger partial charge < -0.3 is 20.3 Å². The van der Waals surface area contributed by atoms with E-state index in [0.717, 1.165) is 55.7 Å². The molecule has 1 aliphatic rings. The molecule has 1 aromatic heterocycles. The number of likely N-dealkylation sites (tertiary alicyclic amines) is 1. The van der Waals surface area contributed by atoms with Crippen molar-refractivity contribution in [3.63, 3.8) is 0 Å². The number of piperidine rings is 1. The fourth-order valence-electron chi connectivity index (χ4n) is 4.38. The highest BCUT2D eigenvalue weighted by atomic mass is 16.3. The van der Waals surface area contributed by atoms with Gasteiger partial charge in [-0.2, -0.15) is 0 Å². The summed E-state index contributed by atoms with van der Waals surface area (Å²) in [6.07, 6.45) is 3.59. The number of urea groups is 1. The Kier molecular flexibility index (Phi) is 7.12. The maximum Gasteiger partial charge on any atom is 0.319 e. The summed E-state index contributed by atoms with van der Waals surface area (Å²) in [5.41, 5.74) is 4.31. The third kappa shape index (κ3) is 5.69. The number of aliphatic hydroxyl groups is 1. The van der Waals surface area contributed by atoms with Gasteiger partial charge in [-0.3, -0.25) is 4.90 Å². The fourth-order valence-corrected chi connectivity index (χ4v) is 4.38. The lowest BCUT2D eigenvalue weighted by molar-refractivity contribution is 0.0791. The van der Waals surface area contributed by atoms with Gasteiger partial charge in [-0.25, -0.2) is 4.79 Å². The molecule has 1 fully saturated rings. The SMILES string of the molecule is CC(C)Cn1ccc2cc(NC(=O)NCc3ccccc3CN3CCC(O)CC3)ccc21. The summed E-state index contributed by atoms with van der Waals surface area (Å²) in [4.78, 5) is 14.9. The molecule has 2 heterocycles. The van der Waals surface area contributed by atoms with Crippen molar-refractivity contribution in [1.82, 2.24) is 14.8 Å². The highest BCUT2D eigenvalue weighted by Crippen LogP contribution is 2.22. The van der Waals surface area contributed by atoms with Crippen molar-refractivity contribution in [3.8, 4) is 0 Å². The number of fused-ring (bicyclic) bond motifs is 1. The molecule has 3 N–H and O–H groups in total. The van der Waals surface area contributed by atoms with E-state index in [1.807, 2.05) is 24.3 Å². The van der Waals surface area contributed by atoms with E-state index in [0.29, 0.717) is 12.5 Å². The zero-order chi connectivity index (χ0) is 22.5. The fraction of sp³-hybridized carbons (Fsp3) is 0.423. The molecular weight excluding hydrogens is 400 g/mol. The van der Waals surface area contributed by atoms with Crippen molar-refractivity contribution in [2.24, 2.45) is 5.92 Å². The van der Waals surface area contributed by atoms with Crippen molar-refractivity contribution in [3.05, 3.63) is 65.9 Å². The number of nitrogens with zero attached hydrogens (tertiary/aromatic N) is 2. The lowest BCUT2D eigenvalue weighted by atomic mass is 10.0. The molecule has 0 radical (unpaired) electrons. The average Bonchev–Trinajstić information content (AvgIpc) is 3.16. The van der Waals surface area contributed by atoms with Gasteiger partial charge >= 0.3 is 6.03 Å². The largest absolute Gasteiger partial charge is 0.393 e. The van der Waals surface area contributed by atoms with Gasteiger partial charge in [0.1, 0.15) is 0 Å². The maximum absolute atomic E-state index is 12.5. The van der Waals surface area contributed by atoms with E-state index in [-0.39, 0.29) is 12.1 Å². The Morgan fingerprint density at radius 1 is 1.09 bits per heavy atom. The van der Waals surface area contributed by atoms with Crippen LogP contribution >= 0.6 is 0 Å². The van der Waals surface area contributed by atoms with Crippen LogP contribution in [0.25, 0.3) is 10.9 Å². The summed E-state index contributed by atoms with van der Waals surface area (Å²) in [5, 5.41) is 16.8. The lowest BCUT2D eigenvalue weighted by Gasteiger charge is -2.30. The normalized spacial score (nSPS) is 15.4. The first-order chi connectivity index (χ1) is 15.5. The van der Waals surface area contributed by atoms with Gasteiger partial charge in [0.2, 0.25) is 0 Å². The van der Waals surface area contributed by atoms with E-state index >= 15 is 0 Å². The number of anilines is 1. The first kappa shape index (κ1) is 22.4. The molecule has 32 heavy (non-hydrogen) atoms. The lowest BCUT2D eigenvalue weighted by Crippen LogP contribution is -2.35. The minimum Gasteiger partial charge on any atom is -0.393 e. The van der Waals surface area contributed by atoms with Gasteiger partial charge in [-0.1, -0.05) is 38.1 Å². The van der Waals surface area contributed by atoms with Crippen LogP contribution in [0.2, 0.25) is 0 Å². The molecule has 3 aromatic rings. The predicted octanol–water partition coefficient (Wildman–Crippen LogP) is 4.58. The standard InChI is InChI=1S/C26H34N4O2/c1-19(2)17-30-14-9-20-15-23(7-8-25(20)30)28-26(32)27-16-21-5-3-4-6-22(21)18-29-12-10-24(31)11-13-29/h3-9,14-15,19,24,31H,10-13,16-18H2,1-2H3,(H2,27,28,32). The van der Waals surface area contributed by atoms with Crippen molar-refractivity contribution in [2.45, 2.75) is 52.4 Å². The molecule has 0 unspecified atom stereocenters. The number of hydrogen-bond acceptors (Lipinski definition) is 3. The summed E-state index contributed by atoms with van der Waals surface area (Å²) in [6, 6.07) is 16.2. The Morgan fingerprint density at radius 2 is 1.84 bits per heavy atom. The number of hydrogen-bond donors (Lipinski definition) is 3. The second-order valence-electron chi connectivity index (χ2n) is 9.22. The van der Waals surface area contributed by atoms with E-state index in [4.69, 9.17) is 0 Å². The minimum atomic E-state index is -0.207. The van der Waals surface area contributed by atoms with Gasteiger partial charge in [0.05, 0.1) is 6.10 Å². The zero-order valence-electron chi connectivity index (χ0n) is 19.1. The maximum atomic E-state index is 12.5. The molecule has 0 bridgehead atoms. The summed E-state index contributed by atoms with van der Waals surface area (Å²) in [6.45, 7) is 8.54. The monoisotopic (exact) mass is 434 g/mol. The van der Waals surface area contributed by atoms with E-state index in [1.165, 1.54) is 11.1 Å². The number of benzene rings is 2. The molecular formula is C26H34N4O2. The van der Waals surface area contributed by atoms with Crippen LogP contribution in [0.1, 0.15) is 37.8 Å². The Hall–Kier alpha value is -2.83. The molecule has 0 aliphatic carbocycles. The molecule has 6 nitrogen and oxygen atoms in total. The topological polar surface area (TPSA) is 69.5 Å². The van der Waals surface area contributed by atoms with Crippen molar-refractivity contribution in [1.29, 1.82) is 0 Å². The average molecular weight is 435 g/mol. The van der Waals surface area contributed by atoms with E-state index < -0.39 is 0 Å². The summed E-state index contributed by atoms with van der Waals surface area (Å²) in [7, 11) is 0. The van der Waals surface area contributed by atoms with Gasteiger partial charge in [0.25, 0.3) is 0 Å². The molecule has 2 aromatic carbocycles. The smallest absolute Gasteiger partial charge is 0.319 e. The van der Waals surface area contributed by atoms with Gasteiger partial charge in [0.15, 0.2) is 0 Å². The highest BCUT2D eigenvalue weighted by Gasteiger charge is 2.18. The number of carbonyl (C=O) groups excluding carboxylic acids is 1. The van der Waals surface area contributed by atoms with E-state index in [1.54, 1.807) is 0 Å². The third-order valence-corrected chi connectivity index (χ3v) is 6.10. The van der Waals surface area contributed by atoms with Crippen LogP contribution in [0, 0.1) is 5.92 Å². The number of rotatable bonds is 7. The molecule has 1 saturated heterocycles. The number of aliphatic hydroxyl groups excluding tert-OH is 1. The van der Waals surface area contributed by atoms with Crippen molar-refractivity contribution in [2.75, 3.05) is 18.4 Å². The summed E-state index contributed by atoms with van der Waals surface area (Å²) < 4.78 is 2.25. The van der Waals surface area contributed by atoms with Crippen molar-refractivity contribution < 1.29 is 9.90 Å². The summed E-state index contributed by atoms with van der Waals surface area (Å²) >= 11 is 0. The van der Waals surface area contributed by atoms with Crippen LogP contribution < -0.4 is 10.6 Å². The molecule has 4 rings (SSSR count). The van der Waals surface area contributed by atoms with Gasteiger partial charge in [0, 0.05) is 55.5 Å². The molecule has 0 spiro atoms. The van der Waals surface area contributed by atoms with Crippen LogP contribution in [0.15, 0.2) is 54.7 Å². The Balaban J connectivity index is 1.34. The Labute approximate surface area is 190 Å². The number of carbonyl (C=O) groups is 1. The quantitative estimate of drug-likeness (QED) is 0.510. The molecule has 2 amide bonds. The van der Waals surface area contributed by atoms with Gasteiger partial charge in [-0.15, -0.1) is 0 Å². The van der Waals surface area contributed by atoms with Crippen LogP contribution in [-0.2, 0) is 19.6 Å². The first-order valence-corrected chi connectivity index (χ1v) is 11.6. The van der Waals surface area contributed by atoms with Crippen LogP contribution in [0.5, 0.6) is 0 Å². The summed E-state index contributed by atoms with van der Waals surface area (Å²) in [5.74, 6) is 0.582. The molecule has 170 valence electrons. The number of aromatic nitrogens is 1. The van der Waals surface area contributed by atoms with E-state index in [9.17, 15) is 9.90 Å². The molecule has 6 heteroatoms. The van der Waals surface area contributed by atoms with Crippen LogP contribution in [-0.4, -0.2) is 39.8 Å². The molecule has 0 saturated carbocycles. The zero-order valence-corrected chi connectivity index (χ0v) is 19.1. The number of amides is 2. The third-order valence-electron chi connectivity index (χ3n) is 6.10. The second-order valence-corrected chi connectivity index (χ2v) is 9.22. The first-order valence-electron chi connectivity index (χ1n) is 11.6. The van der Waals surface area contributed by atoms with E-state index in [2.05, 4.69) is 64.4 Å². The number of nitrogens with one attached hydrogen (secondary N) is 2. The Bertz CT molecular complexity index is 1050. The molecule has 0 atom stereocenters. The predicted molar refractivity (Wildman–Crippen MR) is 130 cm³/mol. The van der Waals surface area contributed by atoms with Crippen molar-refractivity contribution >= 4 is 22.6 Å². The highest BCUT2D eigenvalue weighted by molar-refractivity contribution is 5.92. The Morgan fingerprint density at radius 3 is 2.59 bits per heavy atom. The van der Waals surface area contributed by atoms with Crippen LogP contribution in [0.4, 0.5) is 10.5 Å². The van der Waals surface area contributed by atoms with Crippen LogP contribution in [0.3, 0.4) is 0 Å².